The highest BCUT2D eigenvalue weighted by Crippen LogP contribution is 2.32. The molecule has 3 aromatic carbocycles. The Labute approximate surface area is 175 Å². The van der Waals surface area contributed by atoms with Gasteiger partial charge in [-0.1, -0.05) is 72.8 Å². The van der Waals surface area contributed by atoms with Crippen molar-refractivity contribution in [2.24, 2.45) is 0 Å². The van der Waals surface area contributed by atoms with E-state index in [0.29, 0.717) is 19.7 Å². The zero-order valence-corrected chi connectivity index (χ0v) is 16.6. The Morgan fingerprint density at radius 3 is 2.23 bits per heavy atom. The molecule has 3 aromatic rings. The average Bonchev–Trinajstić information content (AvgIpc) is 2.76. The van der Waals surface area contributed by atoms with Crippen LogP contribution in [-0.2, 0) is 27.2 Å². The Balaban J connectivity index is 1.55. The van der Waals surface area contributed by atoms with Crippen LogP contribution in [0.1, 0.15) is 22.7 Å². The standard InChI is InChI=1S/C25H24FNO3/c26-22-13-11-21(12-14-22)24-25(30-23(28)17-19-7-3-1-4-8-19)29-16-15-27(24)18-20-9-5-2-6-10-20/h1-14,24-25H,15-18H2. The van der Waals surface area contributed by atoms with Gasteiger partial charge in [-0.3, -0.25) is 9.69 Å². The van der Waals surface area contributed by atoms with Crippen molar-refractivity contribution in [1.29, 1.82) is 0 Å². The molecule has 0 radical (unpaired) electrons. The number of nitrogens with zero attached hydrogens (tertiary/aromatic N) is 1. The maximum absolute atomic E-state index is 13.5. The van der Waals surface area contributed by atoms with E-state index in [-0.39, 0.29) is 24.2 Å². The zero-order valence-electron chi connectivity index (χ0n) is 16.6. The first kappa shape index (κ1) is 20.3. The highest BCUT2D eigenvalue weighted by molar-refractivity contribution is 5.72. The number of ether oxygens (including phenoxy) is 2. The summed E-state index contributed by atoms with van der Waals surface area (Å²) in [5, 5.41) is 0. The van der Waals surface area contributed by atoms with Gasteiger partial charge in [0.2, 0.25) is 6.29 Å². The molecule has 0 saturated carbocycles. The monoisotopic (exact) mass is 405 g/mol. The molecule has 2 unspecified atom stereocenters. The van der Waals surface area contributed by atoms with Crippen LogP contribution in [0.15, 0.2) is 84.9 Å². The van der Waals surface area contributed by atoms with E-state index in [9.17, 15) is 9.18 Å². The highest BCUT2D eigenvalue weighted by Gasteiger charge is 2.36. The van der Waals surface area contributed by atoms with E-state index >= 15 is 0 Å². The quantitative estimate of drug-likeness (QED) is 0.566. The first-order chi connectivity index (χ1) is 14.7. The van der Waals surface area contributed by atoms with Crippen molar-refractivity contribution in [3.8, 4) is 0 Å². The van der Waals surface area contributed by atoms with E-state index in [1.807, 2.05) is 48.5 Å². The van der Waals surface area contributed by atoms with Gasteiger partial charge in [0.05, 0.1) is 19.1 Å². The van der Waals surface area contributed by atoms with Crippen LogP contribution in [0.2, 0.25) is 0 Å². The van der Waals surface area contributed by atoms with Gasteiger partial charge in [-0.25, -0.2) is 4.39 Å². The second-order valence-corrected chi connectivity index (χ2v) is 7.34. The number of hydrogen-bond donors (Lipinski definition) is 0. The van der Waals surface area contributed by atoms with Crippen LogP contribution in [0.25, 0.3) is 0 Å². The molecule has 154 valence electrons. The number of benzene rings is 3. The fourth-order valence-electron chi connectivity index (χ4n) is 3.74. The van der Waals surface area contributed by atoms with E-state index in [1.165, 1.54) is 12.1 Å². The summed E-state index contributed by atoms with van der Waals surface area (Å²) in [4.78, 5) is 14.8. The lowest BCUT2D eigenvalue weighted by Crippen LogP contribution is -2.46. The minimum Gasteiger partial charge on any atom is -0.433 e. The average molecular weight is 405 g/mol. The maximum atomic E-state index is 13.5. The van der Waals surface area contributed by atoms with Gasteiger partial charge in [-0.15, -0.1) is 0 Å². The Morgan fingerprint density at radius 2 is 1.57 bits per heavy atom. The molecule has 1 saturated heterocycles. The molecule has 0 aromatic heterocycles. The fraction of sp³-hybridized carbons (Fsp3) is 0.240. The number of carbonyl (C=O) groups is 1. The van der Waals surface area contributed by atoms with E-state index in [1.54, 1.807) is 12.1 Å². The van der Waals surface area contributed by atoms with Crippen molar-refractivity contribution < 1.29 is 18.7 Å². The van der Waals surface area contributed by atoms with Gasteiger partial charge in [-0.2, -0.15) is 0 Å². The van der Waals surface area contributed by atoms with Gasteiger partial charge >= 0.3 is 5.97 Å². The Morgan fingerprint density at radius 1 is 0.933 bits per heavy atom. The third-order valence-electron chi connectivity index (χ3n) is 5.19. The van der Waals surface area contributed by atoms with E-state index in [2.05, 4.69) is 17.0 Å². The number of morpholine rings is 1. The van der Waals surface area contributed by atoms with Crippen molar-refractivity contribution >= 4 is 5.97 Å². The SMILES string of the molecule is O=C(Cc1ccccc1)OC1OCCN(Cc2ccccc2)C1c1ccc(F)cc1. The number of hydrogen-bond acceptors (Lipinski definition) is 4. The molecule has 1 aliphatic heterocycles. The van der Waals surface area contributed by atoms with Crippen molar-refractivity contribution in [3.05, 3.63) is 107 Å². The van der Waals surface area contributed by atoms with E-state index in [4.69, 9.17) is 9.47 Å². The molecule has 5 heteroatoms. The molecule has 0 bridgehead atoms. The molecule has 0 aliphatic carbocycles. The lowest BCUT2D eigenvalue weighted by Gasteiger charge is -2.40. The topological polar surface area (TPSA) is 38.8 Å². The van der Waals surface area contributed by atoms with Crippen molar-refractivity contribution in [2.75, 3.05) is 13.2 Å². The molecule has 2 atom stereocenters. The summed E-state index contributed by atoms with van der Waals surface area (Å²) in [7, 11) is 0. The molecular weight excluding hydrogens is 381 g/mol. The van der Waals surface area contributed by atoms with Crippen LogP contribution in [0, 0.1) is 5.82 Å². The minimum atomic E-state index is -0.760. The molecule has 0 spiro atoms. The summed E-state index contributed by atoms with van der Waals surface area (Å²) in [5.41, 5.74) is 2.89. The third-order valence-corrected chi connectivity index (χ3v) is 5.19. The summed E-state index contributed by atoms with van der Waals surface area (Å²) in [5.74, 6) is -0.650. The molecule has 1 fully saturated rings. The maximum Gasteiger partial charge on any atom is 0.312 e. The highest BCUT2D eigenvalue weighted by atomic mass is 19.1. The van der Waals surface area contributed by atoms with E-state index in [0.717, 1.165) is 16.7 Å². The predicted molar refractivity (Wildman–Crippen MR) is 112 cm³/mol. The molecule has 1 aliphatic rings. The summed E-state index contributed by atoms with van der Waals surface area (Å²) in [6, 6.07) is 25.6. The minimum absolute atomic E-state index is 0.176. The van der Waals surface area contributed by atoms with Gasteiger partial charge in [0.1, 0.15) is 5.82 Å². The number of rotatable bonds is 6. The fourth-order valence-corrected chi connectivity index (χ4v) is 3.74. The van der Waals surface area contributed by atoms with Crippen LogP contribution < -0.4 is 0 Å². The number of carbonyl (C=O) groups excluding carboxylic acids is 1. The zero-order chi connectivity index (χ0) is 20.8. The summed E-state index contributed by atoms with van der Waals surface area (Å²) in [6.07, 6.45) is -0.584. The molecule has 4 nitrogen and oxygen atoms in total. The largest absolute Gasteiger partial charge is 0.433 e. The first-order valence-electron chi connectivity index (χ1n) is 10.1. The van der Waals surface area contributed by atoms with Gasteiger partial charge in [0.15, 0.2) is 0 Å². The van der Waals surface area contributed by atoms with Crippen LogP contribution in [-0.4, -0.2) is 30.3 Å². The Hall–Kier alpha value is -3.02. The van der Waals surface area contributed by atoms with E-state index < -0.39 is 6.29 Å². The normalized spacial score (nSPS) is 19.4. The second-order valence-electron chi connectivity index (χ2n) is 7.34. The van der Waals surface area contributed by atoms with Crippen LogP contribution in [0.3, 0.4) is 0 Å². The molecule has 4 rings (SSSR count). The summed E-state index contributed by atoms with van der Waals surface area (Å²) < 4.78 is 25.2. The van der Waals surface area contributed by atoms with Crippen molar-refractivity contribution in [3.63, 3.8) is 0 Å². The molecule has 30 heavy (non-hydrogen) atoms. The molecule has 0 amide bonds. The third kappa shape index (κ3) is 5.12. The van der Waals surface area contributed by atoms with Crippen molar-refractivity contribution in [2.45, 2.75) is 25.3 Å². The smallest absolute Gasteiger partial charge is 0.312 e. The molecule has 0 N–H and O–H groups in total. The van der Waals surface area contributed by atoms with Gasteiger partial charge in [0.25, 0.3) is 0 Å². The Bertz CT molecular complexity index is 947. The van der Waals surface area contributed by atoms with Gasteiger partial charge < -0.3 is 9.47 Å². The lowest BCUT2D eigenvalue weighted by atomic mass is 10.0. The summed E-state index contributed by atoms with van der Waals surface area (Å²) >= 11 is 0. The van der Waals surface area contributed by atoms with Crippen LogP contribution in [0.5, 0.6) is 0 Å². The number of halogens is 1. The summed E-state index contributed by atoms with van der Waals surface area (Å²) in [6.45, 7) is 1.82. The van der Waals surface area contributed by atoms with Gasteiger partial charge in [-0.05, 0) is 28.8 Å². The predicted octanol–water partition coefficient (Wildman–Crippen LogP) is 4.51. The van der Waals surface area contributed by atoms with Gasteiger partial charge in [0, 0.05) is 13.1 Å². The molecule has 1 heterocycles. The second kappa shape index (κ2) is 9.65. The van der Waals surface area contributed by atoms with Crippen molar-refractivity contribution in [1.82, 2.24) is 4.90 Å². The number of esters is 1. The van der Waals surface area contributed by atoms with Crippen LogP contribution >= 0.6 is 0 Å². The lowest BCUT2D eigenvalue weighted by molar-refractivity contribution is -0.214. The first-order valence-corrected chi connectivity index (χ1v) is 10.1. The Kier molecular flexibility index (Phi) is 6.52. The van der Waals surface area contributed by atoms with Crippen LogP contribution in [0.4, 0.5) is 4.39 Å². The molecular formula is C25H24FNO3.